The van der Waals surface area contributed by atoms with E-state index in [1.165, 1.54) is 11.1 Å². The maximum Gasteiger partial charge on any atom is 0.191 e. The van der Waals surface area contributed by atoms with Gasteiger partial charge < -0.3 is 15.4 Å². The van der Waals surface area contributed by atoms with Gasteiger partial charge in [0.2, 0.25) is 0 Å². The Balaban J connectivity index is 0.00000338. The summed E-state index contributed by atoms with van der Waals surface area (Å²) in [4.78, 5) is 9.35. The average molecular weight is 488 g/mol. The molecule has 144 valence electrons. The van der Waals surface area contributed by atoms with Crippen molar-refractivity contribution in [2.75, 3.05) is 13.7 Å². The second-order valence-electron chi connectivity index (χ2n) is 6.07. The quantitative estimate of drug-likeness (QED) is 0.331. The number of aliphatic imine (C=N–C) groups is 1. The number of guanidine groups is 1. The number of methoxy groups -OCH3 is 1. The monoisotopic (exact) mass is 488 g/mol. The summed E-state index contributed by atoms with van der Waals surface area (Å²) in [6.45, 7) is 9.11. The van der Waals surface area contributed by atoms with Gasteiger partial charge in [-0.15, -0.1) is 35.3 Å². The fraction of sp³-hybridized carbons (Fsp3) is 0.474. The lowest BCUT2D eigenvalue weighted by molar-refractivity contribution is 0.184. The summed E-state index contributed by atoms with van der Waals surface area (Å²) in [6.07, 6.45) is 0. The third-order valence-corrected chi connectivity index (χ3v) is 4.61. The van der Waals surface area contributed by atoms with E-state index in [0.717, 1.165) is 23.2 Å². The molecule has 2 rings (SSSR count). The normalized spacial score (nSPS) is 11.3. The van der Waals surface area contributed by atoms with Crippen molar-refractivity contribution >= 4 is 41.3 Å². The Hall–Kier alpha value is -1.19. The molecule has 1 aromatic heterocycles. The second-order valence-corrected chi connectivity index (χ2v) is 7.01. The zero-order chi connectivity index (χ0) is 18.1. The van der Waals surface area contributed by atoms with E-state index in [-0.39, 0.29) is 24.0 Å². The predicted octanol–water partition coefficient (Wildman–Crippen LogP) is 4.29. The van der Waals surface area contributed by atoms with Crippen LogP contribution in [0.4, 0.5) is 0 Å². The second kappa shape index (κ2) is 12.2. The van der Waals surface area contributed by atoms with Crippen LogP contribution in [-0.4, -0.2) is 24.6 Å². The maximum atomic E-state index is 5.26. The molecule has 0 saturated carbocycles. The largest absolute Gasteiger partial charge is 0.380 e. The van der Waals surface area contributed by atoms with Crippen LogP contribution >= 0.6 is 35.3 Å². The van der Waals surface area contributed by atoms with Gasteiger partial charge in [-0.25, -0.2) is 9.98 Å². The lowest BCUT2D eigenvalue weighted by atomic mass is 10.1. The molecule has 7 heteroatoms. The molecule has 0 saturated heterocycles. The molecule has 2 aromatic rings. The highest BCUT2D eigenvalue weighted by Gasteiger charge is 2.07. The standard InChI is InChI=1S/C19H28N4OS.HI/c1-5-20-19(22-11-18-23-17(13-25-18)14(2)3)21-10-15-8-6-7-9-16(15)12-24-4;/h6-9,13-14H,5,10-12H2,1-4H3,(H2,20,21,22);1H. The van der Waals surface area contributed by atoms with Crippen molar-refractivity contribution in [3.8, 4) is 0 Å². The lowest BCUT2D eigenvalue weighted by Gasteiger charge is -2.11. The number of aromatic nitrogens is 1. The SMILES string of the molecule is CCNC(=NCc1ccccc1COC)NCc1nc(C(C)C)cs1.I. The summed E-state index contributed by atoms with van der Waals surface area (Å²) in [5, 5.41) is 9.86. The number of nitrogens with one attached hydrogen (secondary N) is 2. The first-order valence-corrected chi connectivity index (χ1v) is 9.54. The first kappa shape index (κ1) is 22.9. The average Bonchev–Trinajstić information content (AvgIpc) is 3.08. The predicted molar refractivity (Wildman–Crippen MR) is 120 cm³/mol. The van der Waals surface area contributed by atoms with Crippen LogP contribution in [0.2, 0.25) is 0 Å². The van der Waals surface area contributed by atoms with Crippen LogP contribution < -0.4 is 10.6 Å². The third-order valence-electron chi connectivity index (χ3n) is 3.74. The number of halogens is 1. The molecular weight excluding hydrogens is 459 g/mol. The van der Waals surface area contributed by atoms with E-state index in [1.54, 1.807) is 18.4 Å². The first-order chi connectivity index (χ1) is 12.1. The van der Waals surface area contributed by atoms with Gasteiger partial charge in [-0.05, 0) is 24.0 Å². The molecule has 0 aliphatic carbocycles. The molecule has 0 amide bonds. The van der Waals surface area contributed by atoms with Gasteiger partial charge >= 0.3 is 0 Å². The topological polar surface area (TPSA) is 58.5 Å². The van der Waals surface area contributed by atoms with Crippen molar-refractivity contribution in [1.29, 1.82) is 0 Å². The zero-order valence-electron chi connectivity index (χ0n) is 15.9. The molecule has 0 aliphatic rings. The molecule has 0 bridgehead atoms. The van der Waals surface area contributed by atoms with Crippen LogP contribution in [-0.2, 0) is 24.4 Å². The number of ether oxygens (including phenoxy) is 1. The maximum absolute atomic E-state index is 5.26. The smallest absolute Gasteiger partial charge is 0.191 e. The van der Waals surface area contributed by atoms with E-state index in [2.05, 4.69) is 53.9 Å². The van der Waals surface area contributed by atoms with Crippen molar-refractivity contribution in [2.45, 2.75) is 46.4 Å². The van der Waals surface area contributed by atoms with Crippen LogP contribution in [0.5, 0.6) is 0 Å². The Kier molecular flexibility index (Phi) is 10.8. The summed E-state index contributed by atoms with van der Waals surface area (Å²) in [7, 11) is 1.71. The minimum Gasteiger partial charge on any atom is -0.380 e. The molecule has 0 fully saturated rings. The van der Waals surface area contributed by atoms with E-state index in [9.17, 15) is 0 Å². The minimum absolute atomic E-state index is 0. The van der Waals surface area contributed by atoms with E-state index >= 15 is 0 Å². The van der Waals surface area contributed by atoms with Gasteiger partial charge in [0.25, 0.3) is 0 Å². The van der Waals surface area contributed by atoms with Gasteiger partial charge in [0.15, 0.2) is 5.96 Å². The van der Waals surface area contributed by atoms with Crippen LogP contribution in [0, 0.1) is 0 Å². The van der Waals surface area contributed by atoms with E-state index < -0.39 is 0 Å². The van der Waals surface area contributed by atoms with Crippen molar-refractivity contribution in [1.82, 2.24) is 15.6 Å². The number of nitrogens with zero attached hydrogens (tertiary/aromatic N) is 2. The molecule has 0 aliphatic heterocycles. The fourth-order valence-corrected chi connectivity index (χ4v) is 3.24. The van der Waals surface area contributed by atoms with Gasteiger partial charge in [-0.2, -0.15) is 0 Å². The van der Waals surface area contributed by atoms with Crippen molar-refractivity contribution in [3.63, 3.8) is 0 Å². The van der Waals surface area contributed by atoms with E-state index in [1.807, 2.05) is 12.1 Å². The van der Waals surface area contributed by atoms with Gasteiger partial charge in [0, 0.05) is 19.0 Å². The Morgan fingerprint density at radius 1 is 1.23 bits per heavy atom. The van der Waals surface area contributed by atoms with Gasteiger partial charge in [-0.1, -0.05) is 38.1 Å². The molecule has 5 nitrogen and oxygen atoms in total. The van der Waals surface area contributed by atoms with Crippen molar-refractivity contribution in [2.24, 2.45) is 4.99 Å². The highest BCUT2D eigenvalue weighted by Crippen LogP contribution is 2.17. The molecule has 26 heavy (non-hydrogen) atoms. The molecule has 0 unspecified atom stereocenters. The molecule has 0 spiro atoms. The highest BCUT2D eigenvalue weighted by molar-refractivity contribution is 14.0. The molecule has 2 N–H and O–H groups in total. The molecule has 1 aromatic carbocycles. The fourth-order valence-electron chi connectivity index (χ4n) is 2.34. The Morgan fingerprint density at radius 2 is 1.96 bits per heavy atom. The summed E-state index contributed by atoms with van der Waals surface area (Å²) >= 11 is 1.69. The lowest BCUT2D eigenvalue weighted by Crippen LogP contribution is -2.36. The van der Waals surface area contributed by atoms with Crippen LogP contribution in [0.3, 0.4) is 0 Å². The first-order valence-electron chi connectivity index (χ1n) is 8.66. The molecule has 0 atom stereocenters. The Bertz CT molecular complexity index is 688. The zero-order valence-corrected chi connectivity index (χ0v) is 19.1. The van der Waals surface area contributed by atoms with Crippen LogP contribution in [0.15, 0.2) is 34.6 Å². The molecular formula is C19H29IN4OS. The van der Waals surface area contributed by atoms with Crippen LogP contribution in [0.25, 0.3) is 0 Å². The number of hydrogen-bond acceptors (Lipinski definition) is 4. The number of benzene rings is 1. The van der Waals surface area contributed by atoms with Gasteiger partial charge in [0.05, 0.1) is 25.4 Å². The highest BCUT2D eigenvalue weighted by atomic mass is 127. The van der Waals surface area contributed by atoms with Gasteiger partial charge in [0.1, 0.15) is 5.01 Å². The number of hydrogen-bond donors (Lipinski definition) is 2. The molecule has 1 heterocycles. The summed E-state index contributed by atoms with van der Waals surface area (Å²) < 4.78 is 5.26. The van der Waals surface area contributed by atoms with Crippen molar-refractivity contribution in [3.05, 3.63) is 51.5 Å². The van der Waals surface area contributed by atoms with E-state index in [4.69, 9.17) is 9.73 Å². The molecule has 0 radical (unpaired) electrons. The third kappa shape index (κ3) is 7.20. The summed E-state index contributed by atoms with van der Waals surface area (Å²) in [5.74, 6) is 1.26. The minimum atomic E-state index is 0. The summed E-state index contributed by atoms with van der Waals surface area (Å²) in [5.41, 5.74) is 3.50. The number of thiazole rings is 1. The summed E-state index contributed by atoms with van der Waals surface area (Å²) in [6, 6.07) is 8.24. The van der Waals surface area contributed by atoms with Crippen molar-refractivity contribution < 1.29 is 4.74 Å². The number of rotatable bonds is 8. The van der Waals surface area contributed by atoms with Gasteiger partial charge in [-0.3, -0.25) is 0 Å². The Labute approximate surface area is 177 Å². The van der Waals surface area contributed by atoms with E-state index in [0.29, 0.717) is 25.6 Å². The van der Waals surface area contributed by atoms with Crippen LogP contribution in [0.1, 0.15) is 48.5 Å². The Morgan fingerprint density at radius 3 is 2.58 bits per heavy atom.